The molecule has 0 unspecified atom stereocenters. The lowest BCUT2D eigenvalue weighted by Crippen LogP contribution is -2.00. The third kappa shape index (κ3) is 3.76. The van der Waals surface area contributed by atoms with E-state index < -0.39 is 0 Å². The lowest BCUT2D eigenvalue weighted by Gasteiger charge is -2.02. The molecule has 2 aromatic rings. The monoisotopic (exact) mass is 284 g/mol. The molecule has 0 spiro atoms. The number of benzene rings is 2. The number of hydrogen-bond acceptors (Lipinski definition) is 2. The number of carbonyl (C=O) groups excluding carboxylic acids is 1. The predicted octanol–water partition coefficient (Wildman–Crippen LogP) is 3.77. The van der Waals surface area contributed by atoms with Gasteiger partial charge in [-0.15, -0.1) is 24.8 Å². The van der Waals surface area contributed by atoms with Crippen molar-refractivity contribution in [1.82, 2.24) is 0 Å². The number of ketones is 1. The van der Waals surface area contributed by atoms with E-state index in [1.165, 1.54) is 0 Å². The number of methoxy groups -OCH3 is 1. The first-order valence-corrected chi connectivity index (χ1v) is 5.05. The third-order valence-corrected chi connectivity index (χ3v) is 2.39. The molecule has 0 saturated carbocycles. The number of ether oxygens (including phenoxy) is 1. The third-order valence-electron chi connectivity index (χ3n) is 2.39. The summed E-state index contributed by atoms with van der Waals surface area (Å²) in [6.07, 6.45) is 0. The molecule has 0 N–H and O–H groups in total. The molecule has 4 heteroatoms. The molecular formula is C14H14Cl2O2. The van der Waals surface area contributed by atoms with E-state index in [1.54, 1.807) is 31.4 Å². The van der Waals surface area contributed by atoms with Gasteiger partial charge in [-0.1, -0.05) is 30.3 Å². The van der Waals surface area contributed by atoms with E-state index >= 15 is 0 Å². The summed E-state index contributed by atoms with van der Waals surface area (Å²) < 4.78 is 5.04. The standard InChI is InChI=1S/C14H12O2.2ClH/c1-16-13-9-7-12(8-10-13)14(15)11-5-3-2-4-6-11;;/h2-10H,1H3;2*1H. The molecule has 0 aromatic heterocycles. The molecule has 0 heterocycles. The van der Waals surface area contributed by atoms with E-state index in [0.717, 1.165) is 5.75 Å². The average molecular weight is 285 g/mol. The van der Waals surface area contributed by atoms with Crippen LogP contribution in [0.25, 0.3) is 0 Å². The largest absolute Gasteiger partial charge is 0.497 e. The number of hydrogen-bond donors (Lipinski definition) is 0. The Balaban J connectivity index is 0.00000144. The van der Waals surface area contributed by atoms with Crippen molar-refractivity contribution in [2.45, 2.75) is 0 Å². The molecule has 0 radical (unpaired) electrons. The zero-order valence-electron chi connectivity index (χ0n) is 9.83. The van der Waals surface area contributed by atoms with Crippen LogP contribution in [-0.4, -0.2) is 12.9 Å². The second-order valence-corrected chi connectivity index (χ2v) is 3.42. The minimum atomic E-state index is 0. The Morgan fingerprint density at radius 3 is 1.83 bits per heavy atom. The molecule has 0 amide bonds. The fraction of sp³-hybridized carbons (Fsp3) is 0.0714. The first-order valence-electron chi connectivity index (χ1n) is 5.05. The van der Waals surface area contributed by atoms with E-state index in [4.69, 9.17) is 4.74 Å². The topological polar surface area (TPSA) is 26.3 Å². The van der Waals surface area contributed by atoms with Crippen LogP contribution in [0.1, 0.15) is 15.9 Å². The van der Waals surface area contributed by atoms with Gasteiger partial charge in [-0.25, -0.2) is 0 Å². The summed E-state index contributed by atoms with van der Waals surface area (Å²) in [6, 6.07) is 16.4. The zero-order valence-corrected chi connectivity index (χ0v) is 11.5. The Kier molecular flexibility index (Phi) is 7.10. The van der Waals surface area contributed by atoms with Crippen molar-refractivity contribution in [2.24, 2.45) is 0 Å². The van der Waals surface area contributed by atoms with Gasteiger partial charge in [0.15, 0.2) is 5.78 Å². The van der Waals surface area contributed by atoms with Crippen molar-refractivity contribution >= 4 is 30.6 Å². The maximum Gasteiger partial charge on any atom is 0.193 e. The molecule has 0 fully saturated rings. The summed E-state index contributed by atoms with van der Waals surface area (Å²) in [6.45, 7) is 0. The second-order valence-electron chi connectivity index (χ2n) is 3.42. The van der Waals surface area contributed by atoms with Gasteiger partial charge in [-0.3, -0.25) is 4.79 Å². The summed E-state index contributed by atoms with van der Waals surface area (Å²) in [5.41, 5.74) is 1.37. The van der Waals surface area contributed by atoms with Gasteiger partial charge < -0.3 is 4.74 Å². The minimum Gasteiger partial charge on any atom is -0.497 e. The van der Waals surface area contributed by atoms with Gasteiger partial charge in [0.1, 0.15) is 5.75 Å². The number of halogens is 2. The van der Waals surface area contributed by atoms with Crippen molar-refractivity contribution in [3.63, 3.8) is 0 Å². The molecule has 0 aliphatic rings. The lowest BCUT2D eigenvalue weighted by atomic mass is 10.0. The van der Waals surface area contributed by atoms with Crippen LogP contribution < -0.4 is 4.74 Å². The molecule has 0 aliphatic heterocycles. The molecule has 18 heavy (non-hydrogen) atoms. The van der Waals surface area contributed by atoms with E-state index in [0.29, 0.717) is 11.1 Å². The van der Waals surface area contributed by atoms with E-state index in [9.17, 15) is 4.79 Å². The fourth-order valence-electron chi connectivity index (χ4n) is 1.50. The maximum absolute atomic E-state index is 12.0. The Hall–Kier alpha value is -1.51. The normalized spacial score (nSPS) is 8.72. The zero-order chi connectivity index (χ0) is 11.4. The van der Waals surface area contributed by atoms with Gasteiger partial charge in [-0.2, -0.15) is 0 Å². The lowest BCUT2D eigenvalue weighted by molar-refractivity contribution is 0.103. The molecule has 2 nitrogen and oxygen atoms in total. The summed E-state index contributed by atoms with van der Waals surface area (Å²) in [5.74, 6) is 0.785. The summed E-state index contributed by atoms with van der Waals surface area (Å²) in [5, 5.41) is 0. The van der Waals surface area contributed by atoms with Crippen LogP contribution >= 0.6 is 24.8 Å². The molecule has 0 aliphatic carbocycles. The summed E-state index contributed by atoms with van der Waals surface area (Å²) in [4.78, 5) is 12.0. The van der Waals surface area contributed by atoms with Crippen LogP contribution in [0.2, 0.25) is 0 Å². The average Bonchev–Trinajstić information content (AvgIpc) is 2.39. The Morgan fingerprint density at radius 1 is 0.833 bits per heavy atom. The van der Waals surface area contributed by atoms with Gasteiger partial charge in [0.25, 0.3) is 0 Å². The quantitative estimate of drug-likeness (QED) is 0.802. The van der Waals surface area contributed by atoms with Crippen LogP contribution in [-0.2, 0) is 0 Å². The van der Waals surface area contributed by atoms with Crippen molar-refractivity contribution in [3.05, 3.63) is 65.7 Å². The van der Waals surface area contributed by atoms with E-state index in [2.05, 4.69) is 0 Å². The van der Waals surface area contributed by atoms with Crippen LogP contribution in [0.4, 0.5) is 0 Å². The number of carbonyl (C=O) groups is 1. The highest BCUT2D eigenvalue weighted by Gasteiger charge is 2.07. The highest BCUT2D eigenvalue weighted by molar-refractivity contribution is 6.08. The van der Waals surface area contributed by atoms with Gasteiger partial charge >= 0.3 is 0 Å². The van der Waals surface area contributed by atoms with E-state index in [1.807, 2.05) is 30.3 Å². The predicted molar refractivity (Wildman–Crippen MR) is 77.4 cm³/mol. The molecule has 0 saturated heterocycles. The van der Waals surface area contributed by atoms with Gasteiger partial charge in [-0.05, 0) is 24.3 Å². The molecule has 0 atom stereocenters. The van der Waals surface area contributed by atoms with Crippen molar-refractivity contribution < 1.29 is 9.53 Å². The number of rotatable bonds is 3. The molecular weight excluding hydrogens is 271 g/mol. The van der Waals surface area contributed by atoms with Gasteiger partial charge in [0.05, 0.1) is 7.11 Å². The van der Waals surface area contributed by atoms with Crippen molar-refractivity contribution in [3.8, 4) is 5.75 Å². The smallest absolute Gasteiger partial charge is 0.193 e. The molecule has 2 rings (SSSR count). The SMILES string of the molecule is COc1ccc(C(=O)c2ccccc2)cc1.Cl.Cl. The first kappa shape index (κ1) is 16.5. The molecule has 0 bridgehead atoms. The Labute approximate surface area is 119 Å². The van der Waals surface area contributed by atoms with Gasteiger partial charge in [0.2, 0.25) is 0 Å². The van der Waals surface area contributed by atoms with Crippen LogP contribution in [0.3, 0.4) is 0 Å². The Morgan fingerprint density at radius 2 is 1.33 bits per heavy atom. The highest BCUT2D eigenvalue weighted by Crippen LogP contribution is 2.14. The van der Waals surface area contributed by atoms with Gasteiger partial charge in [0, 0.05) is 11.1 Å². The van der Waals surface area contributed by atoms with Crippen LogP contribution in [0.5, 0.6) is 5.75 Å². The van der Waals surface area contributed by atoms with Crippen LogP contribution in [0.15, 0.2) is 54.6 Å². The maximum atomic E-state index is 12.0. The van der Waals surface area contributed by atoms with Crippen LogP contribution in [0, 0.1) is 0 Å². The fourth-order valence-corrected chi connectivity index (χ4v) is 1.50. The minimum absolute atomic E-state index is 0. The molecule has 2 aromatic carbocycles. The van der Waals surface area contributed by atoms with Crippen molar-refractivity contribution in [2.75, 3.05) is 7.11 Å². The summed E-state index contributed by atoms with van der Waals surface area (Å²) >= 11 is 0. The van der Waals surface area contributed by atoms with Crippen molar-refractivity contribution in [1.29, 1.82) is 0 Å². The van der Waals surface area contributed by atoms with E-state index in [-0.39, 0.29) is 30.6 Å². The second kappa shape index (κ2) is 7.75. The Bertz CT molecular complexity index is 481. The summed E-state index contributed by atoms with van der Waals surface area (Å²) in [7, 11) is 1.61. The highest BCUT2D eigenvalue weighted by atomic mass is 35.5. The molecule has 96 valence electrons. The first-order chi connectivity index (χ1) is 7.81.